The Bertz CT molecular complexity index is 501. The van der Waals surface area contributed by atoms with Crippen LogP contribution in [0.3, 0.4) is 0 Å². The largest absolute Gasteiger partial charge is 0.473 e. The van der Waals surface area contributed by atoms with E-state index in [-0.39, 0.29) is 0 Å². The summed E-state index contributed by atoms with van der Waals surface area (Å²) in [5.74, 6) is 1.24. The van der Waals surface area contributed by atoms with E-state index >= 15 is 0 Å². The average molecular weight is 603 g/mol. The highest BCUT2D eigenvalue weighted by Crippen LogP contribution is 2.17. The smallest absolute Gasteiger partial charge is 0.0864 e. The van der Waals surface area contributed by atoms with Gasteiger partial charge >= 0.3 is 0 Å². The Hall–Kier alpha value is -0.720. The van der Waals surface area contributed by atoms with Gasteiger partial charge in [0.1, 0.15) is 0 Å². The predicted molar refractivity (Wildman–Crippen MR) is 197 cm³/mol. The quantitative estimate of drug-likeness (QED) is 0.0512. The summed E-state index contributed by atoms with van der Waals surface area (Å²) in [4.78, 5) is 0. The Kier molecular flexibility index (Phi) is 36.8. The van der Waals surface area contributed by atoms with E-state index in [0.717, 1.165) is 0 Å². The fourth-order valence-electron chi connectivity index (χ4n) is 6.27. The first-order valence-corrected chi connectivity index (χ1v) is 20.2. The topological polar surface area (TPSA) is 9.23 Å². The zero-order valence-electron chi connectivity index (χ0n) is 30.5. The molecular formula is C42H82O. The molecule has 0 rings (SSSR count). The highest BCUT2D eigenvalue weighted by molar-refractivity contribution is 4.85. The number of rotatable bonds is 36. The molecule has 0 radical (unpaired) electrons. The van der Waals surface area contributed by atoms with Crippen LogP contribution in [-0.4, -0.2) is 0 Å². The number of hydrogen-bond acceptors (Lipinski definition) is 1. The maximum Gasteiger partial charge on any atom is 0.0864 e. The van der Waals surface area contributed by atoms with Crippen molar-refractivity contribution in [1.29, 1.82) is 0 Å². The molecule has 0 heterocycles. The van der Waals surface area contributed by atoms with Crippen LogP contribution < -0.4 is 0 Å². The molecule has 256 valence electrons. The molecule has 0 amide bonds. The van der Waals surface area contributed by atoms with Crippen LogP contribution in [0.1, 0.15) is 233 Å². The Morgan fingerprint density at radius 3 is 0.767 bits per heavy atom. The van der Waals surface area contributed by atoms with Gasteiger partial charge in [0.05, 0.1) is 12.5 Å². The summed E-state index contributed by atoms with van der Waals surface area (Å²) < 4.78 is 5.67. The maximum absolute atomic E-state index is 5.67. The number of allylic oxidation sites excluding steroid dienone is 2. The SMILES string of the molecule is CCCCCCCCCCCCCCCCCC(C)C=COC=CC(C)CCCCCCCCCCCCCCCCC. The molecule has 0 aliphatic carbocycles. The second kappa shape index (κ2) is 37.5. The standard InChI is InChI=1S/C42H82O/c1-5-7-9-11-13-15-17-19-21-23-25-27-29-31-33-35-41(3)37-39-43-40-38-42(4)36-34-32-30-28-26-24-22-20-18-16-14-12-10-8-6-2/h37-42H,5-36H2,1-4H3. The van der Waals surface area contributed by atoms with Crippen molar-refractivity contribution in [1.82, 2.24) is 0 Å². The molecule has 0 saturated carbocycles. The summed E-state index contributed by atoms with van der Waals surface area (Å²) in [5, 5.41) is 0. The van der Waals surface area contributed by atoms with Crippen molar-refractivity contribution < 1.29 is 4.74 Å². The van der Waals surface area contributed by atoms with Crippen molar-refractivity contribution in [3.05, 3.63) is 24.7 Å². The molecule has 0 N–H and O–H groups in total. The molecular weight excluding hydrogens is 520 g/mol. The van der Waals surface area contributed by atoms with Gasteiger partial charge in [0, 0.05) is 0 Å². The van der Waals surface area contributed by atoms with Gasteiger partial charge in [-0.05, 0) is 36.8 Å². The van der Waals surface area contributed by atoms with E-state index in [0.29, 0.717) is 11.8 Å². The second-order valence-electron chi connectivity index (χ2n) is 14.2. The summed E-state index contributed by atoms with van der Waals surface area (Å²) in [5.41, 5.74) is 0. The van der Waals surface area contributed by atoms with Crippen LogP contribution in [0.4, 0.5) is 0 Å². The van der Waals surface area contributed by atoms with Gasteiger partial charge in [0.15, 0.2) is 0 Å². The molecule has 43 heavy (non-hydrogen) atoms. The van der Waals surface area contributed by atoms with E-state index in [4.69, 9.17) is 4.74 Å². The van der Waals surface area contributed by atoms with Crippen molar-refractivity contribution >= 4 is 0 Å². The number of ether oxygens (including phenoxy) is 1. The first kappa shape index (κ1) is 42.3. The monoisotopic (exact) mass is 603 g/mol. The van der Waals surface area contributed by atoms with E-state index in [9.17, 15) is 0 Å². The molecule has 0 aromatic rings. The van der Waals surface area contributed by atoms with Gasteiger partial charge in [0.2, 0.25) is 0 Å². The van der Waals surface area contributed by atoms with E-state index in [1.54, 1.807) is 0 Å². The van der Waals surface area contributed by atoms with Gasteiger partial charge in [-0.15, -0.1) is 0 Å². The zero-order valence-corrected chi connectivity index (χ0v) is 30.5. The van der Waals surface area contributed by atoms with Crippen LogP contribution in [0.2, 0.25) is 0 Å². The molecule has 0 aliphatic rings. The van der Waals surface area contributed by atoms with Crippen LogP contribution in [0.5, 0.6) is 0 Å². The third-order valence-corrected chi connectivity index (χ3v) is 9.50. The third-order valence-electron chi connectivity index (χ3n) is 9.50. The van der Waals surface area contributed by atoms with Gasteiger partial charge < -0.3 is 4.74 Å². The van der Waals surface area contributed by atoms with Gasteiger partial charge in [-0.25, -0.2) is 0 Å². The van der Waals surface area contributed by atoms with Crippen molar-refractivity contribution in [3.63, 3.8) is 0 Å². The van der Waals surface area contributed by atoms with Gasteiger partial charge in [-0.3, -0.25) is 0 Å². The molecule has 2 unspecified atom stereocenters. The highest BCUT2D eigenvalue weighted by atomic mass is 16.5. The molecule has 0 aromatic carbocycles. The van der Waals surface area contributed by atoms with Crippen molar-refractivity contribution in [2.24, 2.45) is 11.8 Å². The van der Waals surface area contributed by atoms with Crippen molar-refractivity contribution in [2.75, 3.05) is 0 Å². The van der Waals surface area contributed by atoms with E-state index in [1.807, 2.05) is 12.5 Å². The lowest BCUT2D eigenvalue weighted by Crippen LogP contribution is -1.91. The lowest BCUT2D eigenvalue weighted by molar-refractivity contribution is 0.389. The van der Waals surface area contributed by atoms with Gasteiger partial charge in [-0.1, -0.05) is 220 Å². The van der Waals surface area contributed by atoms with E-state index in [1.165, 1.54) is 205 Å². The third kappa shape index (κ3) is 37.4. The predicted octanol–water partition coefficient (Wildman–Crippen LogP) is 15.8. The number of hydrogen-bond donors (Lipinski definition) is 0. The average Bonchev–Trinajstić information content (AvgIpc) is 3.00. The van der Waals surface area contributed by atoms with Crippen molar-refractivity contribution in [2.45, 2.75) is 233 Å². The highest BCUT2D eigenvalue weighted by Gasteiger charge is 2.00. The van der Waals surface area contributed by atoms with Crippen LogP contribution in [-0.2, 0) is 4.74 Å². The normalized spacial score (nSPS) is 13.4. The summed E-state index contributed by atoms with van der Waals surface area (Å²) >= 11 is 0. The molecule has 1 heteroatoms. The first-order chi connectivity index (χ1) is 21.2. The summed E-state index contributed by atoms with van der Waals surface area (Å²) in [6.45, 7) is 9.26. The fourth-order valence-corrected chi connectivity index (χ4v) is 6.27. The second-order valence-corrected chi connectivity index (χ2v) is 14.2. The minimum Gasteiger partial charge on any atom is -0.473 e. The maximum atomic E-state index is 5.67. The van der Waals surface area contributed by atoms with Crippen LogP contribution in [0.15, 0.2) is 24.7 Å². The van der Waals surface area contributed by atoms with Gasteiger partial charge in [0.25, 0.3) is 0 Å². The molecule has 0 saturated heterocycles. The molecule has 1 nitrogen and oxygen atoms in total. The first-order valence-electron chi connectivity index (χ1n) is 20.2. The summed E-state index contributed by atoms with van der Waals surface area (Å²) in [6, 6.07) is 0. The van der Waals surface area contributed by atoms with Crippen LogP contribution >= 0.6 is 0 Å². The van der Waals surface area contributed by atoms with Gasteiger partial charge in [-0.2, -0.15) is 0 Å². The number of unbranched alkanes of at least 4 members (excludes halogenated alkanes) is 28. The Morgan fingerprint density at radius 1 is 0.326 bits per heavy atom. The Morgan fingerprint density at radius 2 is 0.535 bits per heavy atom. The molecule has 0 bridgehead atoms. The Labute approximate surface area is 273 Å². The Balaban J connectivity index is 3.38. The van der Waals surface area contributed by atoms with Crippen LogP contribution in [0, 0.1) is 11.8 Å². The molecule has 0 aliphatic heterocycles. The molecule has 0 spiro atoms. The molecule has 0 aromatic heterocycles. The minimum atomic E-state index is 0.619. The summed E-state index contributed by atoms with van der Waals surface area (Å²) in [6.07, 6.45) is 54.0. The van der Waals surface area contributed by atoms with E-state index in [2.05, 4.69) is 39.8 Å². The lowest BCUT2D eigenvalue weighted by atomic mass is 10.0. The van der Waals surface area contributed by atoms with Crippen LogP contribution in [0.25, 0.3) is 0 Å². The molecule has 0 fully saturated rings. The van der Waals surface area contributed by atoms with E-state index < -0.39 is 0 Å². The molecule has 2 atom stereocenters. The fraction of sp³-hybridized carbons (Fsp3) is 0.905. The lowest BCUT2D eigenvalue weighted by Gasteiger charge is -2.07. The summed E-state index contributed by atoms with van der Waals surface area (Å²) in [7, 11) is 0. The zero-order chi connectivity index (χ0) is 31.3. The minimum absolute atomic E-state index is 0.619. The van der Waals surface area contributed by atoms with Crippen molar-refractivity contribution in [3.8, 4) is 0 Å².